The molecule has 0 aliphatic carbocycles. The summed E-state index contributed by atoms with van der Waals surface area (Å²) in [6.07, 6.45) is 0. The van der Waals surface area contributed by atoms with Crippen LogP contribution in [0.25, 0.3) is 0 Å². The summed E-state index contributed by atoms with van der Waals surface area (Å²) >= 11 is 1.84. The van der Waals surface area contributed by atoms with Gasteiger partial charge in [-0.25, -0.2) is 9.97 Å². The molecule has 0 bridgehead atoms. The number of aryl methyl sites for hydroxylation is 3. The highest BCUT2D eigenvalue weighted by Gasteiger charge is 2.07. The Morgan fingerprint density at radius 2 is 1.89 bits per heavy atom. The second kappa shape index (κ2) is 5.70. The zero-order valence-corrected chi connectivity index (χ0v) is 13.1. The predicted molar refractivity (Wildman–Crippen MR) is 82.0 cm³/mol. The topological polar surface area (TPSA) is 37.8 Å². The summed E-state index contributed by atoms with van der Waals surface area (Å²) in [7, 11) is 0. The fraction of sp³-hybridized carbons (Fsp3) is 0.467. The highest BCUT2D eigenvalue weighted by molar-refractivity contribution is 7.12. The van der Waals surface area contributed by atoms with E-state index in [1.54, 1.807) is 0 Å². The van der Waals surface area contributed by atoms with Crippen molar-refractivity contribution in [2.45, 2.75) is 47.1 Å². The van der Waals surface area contributed by atoms with Gasteiger partial charge in [0.1, 0.15) is 11.6 Å². The number of nitrogens with one attached hydrogen (secondary N) is 1. The van der Waals surface area contributed by atoms with Crippen LogP contribution in [0.4, 0.5) is 5.82 Å². The van der Waals surface area contributed by atoms with E-state index < -0.39 is 0 Å². The lowest BCUT2D eigenvalue weighted by Crippen LogP contribution is -2.05. The average Bonchev–Trinajstić information content (AvgIpc) is 2.65. The zero-order chi connectivity index (χ0) is 14.0. The smallest absolute Gasteiger partial charge is 0.133 e. The normalized spacial score (nSPS) is 11.1. The second-order valence-electron chi connectivity index (χ2n) is 5.21. The number of hydrogen-bond acceptors (Lipinski definition) is 4. The summed E-state index contributed by atoms with van der Waals surface area (Å²) in [4.78, 5) is 11.8. The third-order valence-corrected chi connectivity index (χ3v) is 4.20. The van der Waals surface area contributed by atoms with Crippen LogP contribution in [0.5, 0.6) is 0 Å². The van der Waals surface area contributed by atoms with Gasteiger partial charge in [0.05, 0.1) is 6.54 Å². The van der Waals surface area contributed by atoms with Crippen molar-refractivity contribution >= 4 is 17.2 Å². The van der Waals surface area contributed by atoms with E-state index >= 15 is 0 Å². The van der Waals surface area contributed by atoms with Crippen molar-refractivity contribution in [2.24, 2.45) is 0 Å². The lowest BCUT2D eigenvalue weighted by atomic mass is 10.2. The van der Waals surface area contributed by atoms with Crippen LogP contribution in [0.1, 0.15) is 46.6 Å². The number of anilines is 1. The maximum Gasteiger partial charge on any atom is 0.133 e. The van der Waals surface area contributed by atoms with Crippen molar-refractivity contribution in [3.8, 4) is 0 Å². The Morgan fingerprint density at radius 3 is 2.47 bits per heavy atom. The van der Waals surface area contributed by atoms with Crippen LogP contribution in [0, 0.1) is 20.8 Å². The molecule has 2 heterocycles. The SMILES string of the molecule is Cc1cc(NCc2cc(C)c(C)s2)nc(C(C)C)n1. The van der Waals surface area contributed by atoms with E-state index in [0.29, 0.717) is 5.92 Å². The molecule has 2 aromatic heterocycles. The standard InChI is InChI=1S/C15H21N3S/c1-9(2)15-17-11(4)7-14(18-15)16-8-13-6-10(3)12(5)19-13/h6-7,9H,8H2,1-5H3,(H,16,17,18). The molecule has 0 saturated heterocycles. The molecule has 0 unspecified atom stereocenters. The van der Waals surface area contributed by atoms with Crippen LogP contribution in [-0.4, -0.2) is 9.97 Å². The van der Waals surface area contributed by atoms with E-state index in [1.807, 2.05) is 24.3 Å². The first-order valence-electron chi connectivity index (χ1n) is 6.61. The van der Waals surface area contributed by atoms with Gasteiger partial charge in [-0.15, -0.1) is 11.3 Å². The van der Waals surface area contributed by atoms with Gasteiger partial charge < -0.3 is 5.32 Å². The Hall–Kier alpha value is -1.42. The summed E-state index contributed by atoms with van der Waals surface area (Å²) < 4.78 is 0. The molecule has 0 amide bonds. The number of hydrogen-bond donors (Lipinski definition) is 1. The highest BCUT2D eigenvalue weighted by Crippen LogP contribution is 2.21. The second-order valence-corrected chi connectivity index (χ2v) is 6.55. The van der Waals surface area contributed by atoms with Crippen LogP contribution < -0.4 is 5.32 Å². The van der Waals surface area contributed by atoms with Gasteiger partial charge in [-0.1, -0.05) is 13.8 Å². The minimum atomic E-state index is 0.353. The van der Waals surface area contributed by atoms with Crippen molar-refractivity contribution in [1.82, 2.24) is 9.97 Å². The fourth-order valence-corrected chi connectivity index (χ4v) is 2.85. The molecule has 0 spiro atoms. The van der Waals surface area contributed by atoms with Crippen molar-refractivity contribution < 1.29 is 0 Å². The molecule has 0 fully saturated rings. The van der Waals surface area contributed by atoms with Gasteiger partial charge in [0.15, 0.2) is 0 Å². The maximum absolute atomic E-state index is 4.56. The molecular weight excluding hydrogens is 254 g/mol. The van der Waals surface area contributed by atoms with Crippen LogP contribution in [0.15, 0.2) is 12.1 Å². The first-order chi connectivity index (χ1) is 8.95. The quantitative estimate of drug-likeness (QED) is 0.908. The van der Waals surface area contributed by atoms with Crippen LogP contribution in [-0.2, 0) is 6.54 Å². The molecular formula is C15H21N3S. The third kappa shape index (κ3) is 3.53. The van der Waals surface area contributed by atoms with E-state index in [4.69, 9.17) is 0 Å². The van der Waals surface area contributed by atoms with Gasteiger partial charge in [0.25, 0.3) is 0 Å². The Morgan fingerprint density at radius 1 is 1.16 bits per heavy atom. The van der Waals surface area contributed by atoms with E-state index in [2.05, 4.69) is 49.0 Å². The Labute approximate surface area is 119 Å². The molecule has 3 nitrogen and oxygen atoms in total. The van der Waals surface area contributed by atoms with Gasteiger partial charge in [0, 0.05) is 27.4 Å². The van der Waals surface area contributed by atoms with Crippen molar-refractivity contribution in [1.29, 1.82) is 0 Å². The fourth-order valence-electron chi connectivity index (χ4n) is 1.85. The summed E-state index contributed by atoms with van der Waals surface area (Å²) in [6, 6.07) is 4.24. The lowest BCUT2D eigenvalue weighted by Gasteiger charge is -2.09. The number of aromatic nitrogens is 2. The molecule has 19 heavy (non-hydrogen) atoms. The molecule has 4 heteroatoms. The first kappa shape index (κ1) is 14.0. The molecule has 0 radical (unpaired) electrons. The van der Waals surface area contributed by atoms with Gasteiger partial charge in [0.2, 0.25) is 0 Å². The molecule has 0 aliphatic heterocycles. The van der Waals surface area contributed by atoms with Crippen LogP contribution >= 0.6 is 11.3 Å². The third-order valence-electron chi connectivity index (χ3n) is 3.05. The van der Waals surface area contributed by atoms with Gasteiger partial charge >= 0.3 is 0 Å². The average molecular weight is 275 g/mol. The van der Waals surface area contributed by atoms with Crippen molar-refractivity contribution in [3.05, 3.63) is 39.0 Å². The molecule has 102 valence electrons. The molecule has 0 atom stereocenters. The minimum absolute atomic E-state index is 0.353. The van der Waals surface area contributed by atoms with Crippen LogP contribution in [0.3, 0.4) is 0 Å². The monoisotopic (exact) mass is 275 g/mol. The Kier molecular flexibility index (Phi) is 4.20. The van der Waals surface area contributed by atoms with Gasteiger partial charge in [-0.05, 0) is 32.4 Å². The molecule has 1 N–H and O–H groups in total. The van der Waals surface area contributed by atoms with Crippen molar-refractivity contribution in [3.63, 3.8) is 0 Å². The largest absolute Gasteiger partial charge is 0.365 e. The Balaban J connectivity index is 2.11. The summed E-state index contributed by atoms with van der Waals surface area (Å²) in [6.45, 7) is 11.4. The summed E-state index contributed by atoms with van der Waals surface area (Å²) in [5, 5.41) is 3.40. The van der Waals surface area contributed by atoms with E-state index in [1.165, 1.54) is 15.3 Å². The highest BCUT2D eigenvalue weighted by atomic mass is 32.1. The number of rotatable bonds is 4. The van der Waals surface area contributed by atoms with E-state index in [0.717, 1.165) is 23.9 Å². The van der Waals surface area contributed by atoms with Crippen molar-refractivity contribution in [2.75, 3.05) is 5.32 Å². The summed E-state index contributed by atoms with van der Waals surface area (Å²) in [5.41, 5.74) is 2.38. The molecule has 0 aromatic carbocycles. The molecule has 0 aliphatic rings. The predicted octanol–water partition coefficient (Wildman–Crippen LogP) is 4.20. The van der Waals surface area contributed by atoms with Gasteiger partial charge in [-0.2, -0.15) is 0 Å². The number of nitrogens with zero attached hydrogens (tertiary/aromatic N) is 2. The lowest BCUT2D eigenvalue weighted by molar-refractivity contribution is 0.767. The molecule has 2 aromatic rings. The van der Waals surface area contributed by atoms with Crippen LogP contribution in [0.2, 0.25) is 0 Å². The maximum atomic E-state index is 4.56. The first-order valence-corrected chi connectivity index (χ1v) is 7.42. The summed E-state index contributed by atoms with van der Waals surface area (Å²) in [5.74, 6) is 2.17. The van der Waals surface area contributed by atoms with E-state index in [-0.39, 0.29) is 0 Å². The number of thiophene rings is 1. The Bertz CT molecular complexity index is 553. The minimum Gasteiger partial charge on any atom is -0.365 e. The molecule has 0 saturated carbocycles. The molecule has 2 rings (SSSR count). The van der Waals surface area contributed by atoms with E-state index in [9.17, 15) is 0 Å². The zero-order valence-electron chi connectivity index (χ0n) is 12.2. The van der Waals surface area contributed by atoms with Gasteiger partial charge in [-0.3, -0.25) is 0 Å².